The summed E-state index contributed by atoms with van der Waals surface area (Å²) in [7, 11) is 0. The maximum Gasteiger partial charge on any atom is 0.338 e. The van der Waals surface area contributed by atoms with Crippen molar-refractivity contribution in [3.8, 4) is 5.75 Å². The van der Waals surface area contributed by atoms with E-state index in [1.54, 1.807) is 13.8 Å². The van der Waals surface area contributed by atoms with E-state index in [1.807, 2.05) is 24.3 Å². The van der Waals surface area contributed by atoms with Crippen LogP contribution in [0.5, 0.6) is 5.75 Å². The van der Waals surface area contributed by atoms with Crippen LogP contribution < -0.4 is 14.9 Å². The molecule has 0 aliphatic carbocycles. The van der Waals surface area contributed by atoms with Crippen LogP contribution in [0.2, 0.25) is 10.0 Å². The van der Waals surface area contributed by atoms with Crippen molar-refractivity contribution in [2.24, 2.45) is 4.99 Å². The summed E-state index contributed by atoms with van der Waals surface area (Å²) in [6.45, 7) is 3.62. The number of carbonyl (C=O) groups is 1. The van der Waals surface area contributed by atoms with Gasteiger partial charge in [0, 0.05) is 20.8 Å². The van der Waals surface area contributed by atoms with Gasteiger partial charge in [-0.05, 0) is 49.8 Å². The van der Waals surface area contributed by atoms with Gasteiger partial charge in [0.25, 0.3) is 5.56 Å². The van der Waals surface area contributed by atoms with Gasteiger partial charge in [0.1, 0.15) is 11.8 Å². The lowest BCUT2D eigenvalue weighted by atomic mass is 9.97. The molecule has 2 heterocycles. The summed E-state index contributed by atoms with van der Waals surface area (Å²) in [5.41, 5.74) is 1.47. The van der Waals surface area contributed by atoms with E-state index in [2.05, 4.69) is 15.9 Å². The Balaban J connectivity index is 1.97. The molecule has 0 amide bonds. The van der Waals surface area contributed by atoms with Gasteiger partial charge in [-0.1, -0.05) is 62.6 Å². The molecule has 1 atom stereocenters. The highest BCUT2D eigenvalue weighted by Gasteiger charge is 2.31. The molecule has 3 aromatic rings. The second-order valence-corrected chi connectivity index (χ2v) is 9.93. The fourth-order valence-corrected chi connectivity index (χ4v) is 5.34. The van der Waals surface area contributed by atoms with Crippen LogP contribution in [-0.4, -0.2) is 22.2 Å². The number of phenols is 1. The minimum absolute atomic E-state index is 0.0795. The van der Waals surface area contributed by atoms with E-state index in [4.69, 9.17) is 32.9 Å². The third kappa shape index (κ3) is 4.53. The lowest BCUT2D eigenvalue weighted by Gasteiger charge is -2.22. The highest BCUT2D eigenvalue weighted by atomic mass is 79.9. The molecule has 10 heteroatoms. The molecule has 1 aliphatic heterocycles. The molecule has 1 aromatic heterocycles. The van der Waals surface area contributed by atoms with E-state index in [0.29, 0.717) is 31.2 Å². The number of allylic oxidation sites excluding steroid dienone is 1. The first-order chi connectivity index (χ1) is 15.7. The lowest BCUT2D eigenvalue weighted by Crippen LogP contribution is -2.35. The number of nitrogens with zero attached hydrogens (tertiary/aromatic N) is 2. The molecule has 0 fully saturated rings. The second-order valence-electron chi connectivity index (χ2n) is 7.16. The zero-order valence-electron chi connectivity index (χ0n) is 17.4. The molecule has 0 saturated heterocycles. The molecule has 6 nitrogen and oxygen atoms in total. The monoisotopic (exact) mass is 566 g/mol. The molecule has 0 bridgehead atoms. The van der Waals surface area contributed by atoms with Gasteiger partial charge in [0.05, 0.1) is 21.7 Å². The number of benzene rings is 2. The van der Waals surface area contributed by atoms with Crippen molar-refractivity contribution in [3.05, 3.63) is 87.3 Å². The lowest BCUT2D eigenvalue weighted by molar-refractivity contribution is -0.138. The maximum absolute atomic E-state index is 13.3. The Morgan fingerprint density at radius 2 is 2.00 bits per heavy atom. The van der Waals surface area contributed by atoms with Crippen LogP contribution in [0, 0.1) is 0 Å². The number of halogens is 3. The summed E-state index contributed by atoms with van der Waals surface area (Å²) < 4.78 is 7.87. The van der Waals surface area contributed by atoms with Crippen molar-refractivity contribution in [2.45, 2.75) is 19.9 Å². The van der Waals surface area contributed by atoms with Crippen molar-refractivity contribution in [1.82, 2.24) is 4.57 Å². The first-order valence-corrected chi connectivity index (χ1v) is 12.2. The number of hydrogen-bond acceptors (Lipinski definition) is 6. The molecule has 0 spiro atoms. The Kier molecular flexibility index (Phi) is 6.81. The minimum atomic E-state index is -0.628. The summed E-state index contributed by atoms with van der Waals surface area (Å²) in [5.74, 6) is -0.707. The topological polar surface area (TPSA) is 80.9 Å². The molecule has 1 N–H and O–H groups in total. The molecular formula is C23H17BrCl2N2O4S. The van der Waals surface area contributed by atoms with Crippen molar-refractivity contribution >= 4 is 68.2 Å². The van der Waals surface area contributed by atoms with Gasteiger partial charge in [-0.2, -0.15) is 0 Å². The number of fused-ring (bicyclic) bond motifs is 1. The van der Waals surface area contributed by atoms with Gasteiger partial charge in [0.2, 0.25) is 0 Å². The van der Waals surface area contributed by atoms with E-state index in [1.165, 1.54) is 22.8 Å². The molecule has 2 aromatic carbocycles. The van der Waals surface area contributed by atoms with E-state index >= 15 is 0 Å². The summed E-state index contributed by atoms with van der Waals surface area (Å²) in [5, 5.41) is 10.7. The van der Waals surface area contributed by atoms with Gasteiger partial charge in [-0.3, -0.25) is 9.36 Å². The Morgan fingerprint density at radius 1 is 1.30 bits per heavy atom. The number of aromatic hydroxyl groups is 1. The van der Waals surface area contributed by atoms with Gasteiger partial charge in [-0.25, -0.2) is 9.79 Å². The van der Waals surface area contributed by atoms with Crippen LogP contribution in [0.15, 0.2) is 56.2 Å². The molecule has 4 rings (SSSR count). The number of aromatic nitrogens is 1. The SMILES string of the molecule is CCOC(=O)C1=C(C)n2c(s/c(=C\c3cc(Cl)cc(Cl)c3O)c2=O)=N[C@H]1c1ccc(Br)cc1. The second kappa shape index (κ2) is 9.46. The van der Waals surface area contributed by atoms with E-state index < -0.39 is 12.0 Å². The van der Waals surface area contributed by atoms with Gasteiger partial charge in [-0.15, -0.1) is 0 Å². The molecule has 170 valence electrons. The van der Waals surface area contributed by atoms with Crippen molar-refractivity contribution in [1.29, 1.82) is 0 Å². The van der Waals surface area contributed by atoms with E-state index in [-0.39, 0.29) is 22.9 Å². The van der Waals surface area contributed by atoms with E-state index in [0.717, 1.165) is 21.4 Å². The Morgan fingerprint density at radius 3 is 2.67 bits per heavy atom. The third-order valence-corrected chi connectivity index (χ3v) is 7.09. The predicted octanol–water partition coefficient (Wildman–Crippen LogP) is 4.68. The van der Waals surface area contributed by atoms with Crippen LogP contribution in [0.1, 0.15) is 31.0 Å². The van der Waals surface area contributed by atoms with Crippen LogP contribution in [0.3, 0.4) is 0 Å². The third-order valence-electron chi connectivity index (χ3n) is 5.07. The van der Waals surface area contributed by atoms with Gasteiger partial charge in [0.15, 0.2) is 4.80 Å². The van der Waals surface area contributed by atoms with Crippen molar-refractivity contribution < 1.29 is 14.6 Å². The number of thiazole rings is 1. The summed E-state index contributed by atoms with van der Waals surface area (Å²) >= 11 is 16.6. The first-order valence-electron chi connectivity index (χ1n) is 9.84. The quantitative estimate of drug-likeness (QED) is 0.464. The smallest absolute Gasteiger partial charge is 0.338 e. The number of hydrogen-bond donors (Lipinski definition) is 1. The Bertz CT molecular complexity index is 1480. The van der Waals surface area contributed by atoms with Crippen LogP contribution in [0.4, 0.5) is 0 Å². The molecular weight excluding hydrogens is 551 g/mol. The summed E-state index contributed by atoms with van der Waals surface area (Å²) in [4.78, 5) is 31.3. The highest BCUT2D eigenvalue weighted by Crippen LogP contribution is 2.33. The zero-order valence-corrected chi connectivity index (χ0v) is 21.3. The van der Waals surface area contributed by atoms with Crippen molar-refractivity contribution in [2.75, 3.05) is 6.61 Å². The number of rotatable bonds is 4. The molecule has 0 saturated carbocycles. The molecule has 33 heavy (non-hydrogen) atoms. The number of phenolic OH excluding ortho intramolecular Hbond substituents is 1. The summed E-state index contributed by atoms with van der Waals surface area (Å²) in [6.07, 6.45) is 1.51. The standard InChI is InChI=1S/C23H17BrCl2N2O4S/c1-3-32-22(31)18-11(2)28-21(30)17(9-13-8-15(25)10-16(26)20(13)29)33-23(28)27-19(18)12-4-6-14(24)7-5-12/h4-10,19,29H,3H2,1-2H3/b17-9-/t19-/m0/s1. The van der Waals surface area contributed by atoms with Crippen LogP contribution in [-0.2, 0) is 9.53 Å². The Hall–Kier alpha value is -2.39. The highest BCUT2D eigenvalue weighted by molar-refractivity contribution is 9.10. The number of carbonyl (C=O) groups excluding carboxylic acids is 1. The van der Waals surface area contributed by atoms with Crippen LogP contribution in [0.25, 0.3) is 11.8 Å². The van der Waals surface area contributed by atoms with Crippen LogP contribution >= 0.6 is 50.5 Å². The normalized spacial score (nSPS) is 15.9. The number of esters is 1. The Labute approximate surface area is 211 Å². The molecule has 0 unspecified atom stereocenters. The maximum atomic E-state index is 13.3. The minimum Gasteiger partial charge on any atom is -0.506 e. The zero-order chi connectivity index (χ0) is 23.9. The fourth-order valence-electron chi connectivity index (χ4n) is 3.54. The van der Waals surface area contributed by atoms with Gasteiger partial charge >= 0.3 is 5.97 Å². The first kappa shape index (κ1) is 23.8. The largest absolute Gasteiger partial charge is 0.506 e. The van der Waals surface area contributed by atoms with Crippen molar-refractivity contribution in [3.63, 3.8) is 0 Å². The van der Waals surface area contributed by atoms with Gasteiger partial charge < -0.3 is 9.84 Å². The molecule has 0 radical (unpaired) electrons. The molecule has 1 aliphatic rings. The fraction of sp³-hybridized carbons (Fsp3) is 0.174. The average molecular weight is 568 g/mol. The average Bonchev–Trinajstić information content (AvgIpc) is 3.07. The number of ether oxygens (including phenoxy) is 1. The summed E-state index contributed by atoms with van der Waals surface area (Å²) in [6, 6.07) is 9.76. The predicted molar refractivity (Wildman–Crippen MR) is 133 cm³/mol. The van der Waals surface area contributed by atoms with E-state index in [9.17, 15) is 14.7 Å².